The minimum Gasteiger partial charge on any atom is -0.381 e. The predicted octanol–water partition coefficient (Wildman–Crippen LogP) is 4.72. The Hall–Kier alpha value is -1.47. The summed E-state index contributed by atoms with van der Waals surface area (Å²) >= 11 is 12.1. The van der Waals surface area contributed by atoms with E-state index in [1.54, 1.807) is 26.2 Å². The molecule has 1 saturated heterocycles. The number of ether oxygens (including phenoxy) is 1. The first-order valence-corrected chi connectivity index (χ1v) is 10.9. The van der Waals surface area contributed by atoms with Crippen LogP contribution in [-0.2, 0) is 14.8 Å². The number of hydrogen-bond donors (Lipinski definition) is 1. The van der Waals surface area contributed by atoms with E-state index in [1.165, 1.54) is 12.1 Å². The highest BCUT2D eigenvalue weighted by Gasteiger charge is 2.21. The maximum Gasteiger partial charge on any atom is 0.263 e. The minimum absolute atomic E-state index is 0.0109. The molecular formula is C19H22Cl2N2O3S. The van der Waals surface area contributed by atoms with E-state index in [-0.39, 0.29) is 9.92 Å². The monoisotopic (exact) mass is 428 g/mol. The van der Waals surface area contributed by atoms with Gasteiger partial charge in [0, 0.05) is 36.6 Å². The highest BCUT2D eigenvalue weighted by Crippen LogP contribution is 2.30. The third kappa shape index (κ3) is 4.69. The summed E-state index contributed by atoms with van der Waals surface area (Å²) in [5.74, 6) is 0. The summed E-state index contributed by atoms with van der Waals surface area (Å²) in [6, 6.07) is 10.3. The molecule has 1 heterocycles. The molecule has 146 valence electrons. The lowest BCUT2D eigenvalue weighted by Crippen LogP contribution is -2.36. The van der Waals surface area contributed by atoms with Gasteiger partial charge in [0.05, 0.1) is 11.1 Å². The SMILES string of the molecule is COC1CCN(c2ccc(NS(=O)(=O)c3cc(C)c(Cl)cc3Cl)cc2)CC1. The van der Waals surface area contributed by atoms with Gasteiger partial charge in [-0.25, -0.2) is 8.42 Å². The number of aryl methyl sites for hydroxylation is 1. The molecule has 27 heavy (non-hydrogen) atoms. The van der Waals surface area contributed by atoms with E-state index in [1.807, 2.05) is 12.1 Å². The summed E-state index contributed by atoms with van der Waals surface area (Å²) < 4.78 is 33.3. The fourth-order valence-electron chi connectivity index (χ4n) is 3.14. The Morgan fingerprint density at radius 1 is 1.07 bits per heavy atom. The Morgan fingerprint density at radius 3 is 2.30 bits per heavy atom. The Bertz CT molecular complexity index is 909. The van der Waals surface area contributed by atoms with Gasteiger partial charge in [-0.05, 0) is 61.7 Å². The molecule has 1 N–H and O–H groups in total. The molecule has 0 aliphatic carbocycles. The summed E-state index contributed by atoms with van der Waals surface area (Å²) in [6.07, 6.45) is 2.29. The van der Waals surface area contributed by atoms with Gasteiger partial charge in [-0.2, -0.15) is 0 Å². The van der Waals surface area contributed by atoms with E-state index in [9.17, 15) is 8.42 Å². The molecule has 0 atom stereocenters. The van der Waals surface area contributed by atoms with Crippen LogP contribution in [0.3, 0.4) is 0 Å². The lowest BCUT2D eigenvalue weighted by Gasteiger charge is -2.33. The van der Waals surface area contributed by atoms with Crippen molar-refractivity contribution in [2.24, 2.45) is 0 Å². The number of halogens is 2. The highest BCUT2D eigenvalue weighted by atomic mass is 35.5. The van der Waals surface area contributed by atoms with Crippen LogP contribution in [0.2, 0.25) is 10.0 Å². The molecule has 8 heteroatoms. The van der Waals surface area contributed by atoms with Gasteiger partial charge >= 0.3 is 0 Å². The molecule has 0 spiro atoms. The normalized spacial score (nSPS) is 15.8. The van der Waals surface area contributed by atoms with E-state index in [4.69, 9.17) is 27.9 Å². The van der Waals surface area contributed by atoms with Gasteiger partial charge in [0.1, 0.15) is 4.90 Å². The zero-order valence-electron chi connectivity index (χ0n) is 15.2. The van der Waals surface area contributed by atoms with Crippen LogP contribution in [0.5, 0.6) is 0 Å². The van der Waals surface area contributed by atoms with Crippen LogP contribution in [0.4, 0.5) is 11.4 Å². The van der Waals surface area contributed by atoms with Crippen molar-refractivity contribution in [3.63, 3.8) is 0 Å². The molecule has 1 aliphatic heterocycles. The maximum atomic E-state index is 12.7. The van der Waals surface area contributed by atoms with E-state index in [0.29, 0.717) is 22.4 Å². The van der Waals surface area contributed by atoms with Crippen LogP contribution in [0.15, 0.2) is 41.3 Å². The number of methoxy groups -OCH3 is 1. The molecule has 2 aromatic carbocycles. The number of hydrogen-bond acceptors (Lipinski definition) is 4. The van der Waals surface area contributed by atoms with E-state index in [2.05, 4.69) is 9.62 Å². The lowest BCUT2D eigenvalue weighted by molar-refractivity contribution is 0.0819. The second-order valence-corrected chi connectivity index (χ2v) is 9.07. The number of piperidine rings is 1. The number of sulfonamides is 1. The average molecular weight is 429 g/mol. The van der Waals surface area contributed by atoms with Gasteiger partial charge in [-0.3, -0.25) is 4.72 Å². The standard InChI is InChI=1S/C19H22Cl2N2O3S/c1-13-11-19(18(21)12-17(13)20)27(24,25)22-14-3-5-15(6-4-14)23-9-7-16(26-2)8-10-23/h3-6,11-12,16,22H,7-10H2,1-2H3. The zero-order chi connectivity index (χ0) is 19.6. The fourth-order valence-corrected chi connectivity index (χ4v) is 5.03. The van der Waals surface area contributed by atoms with Crippen molar-refractivity contribution in [2.75, 3.05) is 29.8 Å². The first-order valence-electron chi connectivity index (χ1n) is 8.66. The molecule has 5 nitrogen and oxygen atoms in total. The first kappa shape index (κ1) is 20.3. The van der Waals surface area contributed by atoms with Crippen LogP contribution in [-0.4, -0.2) is 34.7 Å². The van der Waals surface area contributed by atoms with Gasteiger partial charge in [-0.1, -0.05) is 23.2 Å². The van der Waals surface area contributed by atoms with Gasteiger partial charge in [-0.15, -0.1) is 0 Å². The number of rotatable bonds is 5. The highest BCUT2D eigenvalue weighted by molar-refractivity contribution is 7.92. The third-order valence-electron chi connectivity index (χ3n) is 4.76. The predicted molar refractivity (Wildman–Crippen MR) is 111 cm³/mol. The fraction of sp³-hybridized carbons (Fsp3) is 0.368. The van der Waals surface area contributed by atoms with E-state index < -0.39 is 10.0 Å². The van der Waals surface area contributed by atoms with Crippen LogP contribution in [0.25, 0.3) is 0 Å². The minimum atomic E-state index is -3.80. The van der Waals surface area contributed by atoms with Gasteiger partial charge in [0.2, 0.25) is 0 Å². The third-order valence-corrected chi connectivity index (χ3v) is 7.02. The Kier molecular flexibility index (Phi) is 6.21. The summed E-state index contributed by atoms with van der Waals surface area (Å²) in [6.45, 7) is 3.58. The smallest absolute Gasteiger partial charge is 0.263 e. The molecule has 0 unspecified atom stereocenters. The van der Waals surface area contributed by atoms with Crippen molar-refractivity contribution >= 4 is 44.6 Å². The van der Waals surface area contributed by atoms with Gasteiger partial charge in [0.15, 0.2) is 0 Å². The molecule has 1 aliphatic rings. The molecule has 1 fully saturated rings. The van der Waals surface area contributed by atoms with Crippen molar-refractivity contribution < 1.29 is 13.2 Å². The summed E-state index contributed by atoms with van der Waals surface area (Å²) in [4.78, 5) is 2.28. The average Bonchev–Trinajstić information content (AvgIpc) is 2.65. The number of benzene rings is 2. The van der Waals surface area contributed by atoms with Gasteiger partial charge < -0.3 is 9.64 Å². The van der Waals surface area contributed by atoms with Crippen LogP contribution >= 0.6 is 23.2 Å². The molecule has 2 aromatic rings. The van der Waals surface area contributed by atoms with Crippen LogP contribution < -0.4 is 9.62 Å². The lowest BCUT2D eigenvalue weighted by atomic mass is 10.1. The van der Waals surface area contributed by atoms with Crippen molar-refractivity contribution in [3.05, 3.63) is 52.0 Å². The van der Waals surface area contributed by atoms with E-state index >= 15 is 0 Å². The topological polar surface area (TPSA) is 58.6 Å². The molecule has 3 rings (SSSR count). The molecule has 0 bridgehead atoms. The molecule has 0 aromatic heterocycles. The van der Waals surface area contributed by atoms with Crippen molar-refractivity contribution in [3.8, 4) is 0 Å². The summed E-state index contributed by atoms with van der Waals surface area (Å²) in [5, 5.41) is 0.524. The van der Waals surface area contributed by atoms with Crippen LogP contribution in [0, 0.1) is 6.92 Å². The maximum absolute atomic E-state index is 12.7. The van der Waals surface area contributed by atoms with Crippen molar-refractivity contribution in [1.29, 1.82) is 0 Å². The Labute approximate surface area is 170 Å². The number of anilines is 2. The Balaban J connectivity index is 1.74. The van der Waals surface area contributed by atoms with Crippen molar-refractivity contribution in [1.82, 2.24) is 0 Å². The zero-order valence-corrected chi connectivity index (χ0v) is 17.5. The second kappa shape index (κ2) is 8.27. The van der Waals surface area contributed by atoms with Crippen molar-refractivity contribution in [2.45, 2.75) is 30.8 Å². The second-order valence-electron chi connectivity index (χ2n) is 6.61. The van der Waals surface area contributed by atoms with E-state index in [0.717, 1.165) is 31.6 Å². The molecule has 0 amide bonds. The summed E-state index contributed by atoms with van der Waals surface area (Å²) in [5.41, 5.74) is 2.19. The largest absolute Gasteiger partial charge is 0.381 e. The number of nitrogens with zero attached hydrogens (tertiary/aromatic N) is 1. The molecule has 0 saturated carbocycles. The number of nitrogens with one attached hydrogen (secondary N) is 1. The Morgan fingerprint density at radius 2 is 1.70 bits per heavy atom. The molecule has 0 radical (unpaired) electrons. The quantitative estimate of drug-likeness (QED) is 0.748. The molecular weight excluding hydrogens is 407 g/mol. The summed E-state index contributed by atoms with van der Waals surface area (Å²) in [7, 11) is -2.06. The van der Waals surface area contributed by atoms with Gasteiger partial charge in [0.25, 0.3) is 10.0 Å². The first-order chi connectivity index (χ1) is 12.8. The van der Waals surface area contributed by atoms with Crippen LogP contribution in [0.1, 0.15) is 18.4 Å².